The average molecular weight is 179 g/mol. The summed E-state index contributed by atoms with van der Waals surface area (Å²) in [5.41, 5.74) is 2.39. The van der Waals surface area contributed by atoms with Crippen molar-refractivity contribution in [2.45, 2.75) is 33.4 Å². The third-order valence-corrected chi connectivity index (χ3v) is 2.06. The minimum Gasteiger partial charge on any atom is -0.313 e. The lowest BCUT2D eigenvalue weighted by molar-refractivity contribution is -0.125. The van der Waals surface area contributed by atoms with Crippen molar-refractivity contribution < 1.29 is 5.21 Å². The fourth-order valence-electron chi connectivity index (χ4n) is 1.06. The van der Waals surface area contributed by atoms with Gasteiger partial charge in [-0.1, -0.05) is 29.8 Å². The summed E-state index contributed by atoms with van der Waals surface area (Å²) in [6, 6.07) is 8.37. The predicted octanol–water partition coefficient (Wildman–Crippen LogP) is 2.59. The van der Waals surface area contributed by atoms with E-state index in [1.54, 1.807) is 0 Å². The summed E-state index contributed by atoms with van der Waals surface area (Å²) in [6.45, 7) is 6.59. The molecular formula is C11H17NO. The lowest BCUT2D eigenvalue weighted by Crippen LogP contribution is -2.26. The van der Waals surface area contributed by atoms with Gasteiger partial charge < -0.3 is 5.21 Å². The van der Waals surface area contributed by atoms with Gasteiger partial charge in [0.1, 0.15) is 0 Å². The third kappa shape index (κ3) is 3.17. The fraction of sp³-hybridized carbons (Fsp3) is 0.455. The Balaban J connectivity index is 2.59. The Kier molecular flexibility index (Phi) is 3.46. The van der Waals surface area contributed by atoms with Gasteiger partial charge in [0, 0.05) is 12.6 Å². The smallest absolute Gasteiger partial charge is 0.0491 e. The summed E-state index contributed by atoms with van der Waals surface area (Å²) in [7, 11) is 0. The molecule has 0 saturated heterocycles. The monoisotopic (exact) mass is 179 g/mol. The number of hydrogen-bond acceptors (Lipinski definition) is 2. The van der Waals surface area contributed by atoms with E-state index in [4.69, 9.17) is 0 Å². The average Bonchev–Trinajstić information content (AvgIpc) is 2.08. The first kappa shape index (κ1) is 10.2. The van der Waals surface area contributed by atoms with Gasteiger partial charge in [-0.25, -0.2) is 0 Å². The molecule has 0 aliphatic carbocycles. The second kappa shape index (κ2) is 4.40. The maximum atomic E-state index is 9.48. The zero-order chi connectivity index (χ0) is 9.84. The highest BCUT2D eigenvalue weighted by Gasteiger charge is 2.05. The number of nitrogens with zero attached hydrogens (tertiary/aromatic N) is 1. The summed E-state index contributed by atoms with van der Waals surface area (Å²) >= 11 is 0. The second-order valence-corrected chi connectivity index (χ2v) is 3.68. The van der Waals surface area contributed by atoms with Crippen molar-refractivity contribution in [3.8, 4) is 0 Å². The number of hydroxylamine groups is 2. The van der Waals surface area contributed by atoms with Crippen LogP contribution >= 0.6 is 0 Å². The largest absolute Gasteiger partial charge is 0.313 e. The van der Waals surface area contributed by atoms with Crippen LogP contribution in [-0.4, -0.2) is 16.3 Å². The topological polar surface area (TPSA) is 23.5 Å². The molecule has 0 bridgehead atoms. The predicted molar refractivity (Wildman–Crippen MR) is 53.6 cm³/mol. The van der Waals surface area contributed by atoms with Crippen LogP contribution in [0.15, 0.2) is 24.3 Å². The van der Waals surface area contributed by atoms with Crippen LogP contribution in [0.5, 0.6) is 0 Å². The maximum Gasteiger partial charge on any atom is 0.0491 e. The molecule has 2 nitrogen and oxygen atoms in total. The first-order chi connectivity index (χ1) is 6.09. The van der Waals surface area contributed by atoms with E-state index in [2.05, 4.69) is 19.1 Å². The van der Waals surface area contributed by atoms with Gasteiger partial charge in [0.25, 0.3) is 0 Å². The third-order valence-electron chi connectivity index (χ3n) is 2.06. The van der Waals surface area contributed by atoms with Crippen LogP contribution in [0.2, 0.25) is 0 Å². The number of aryl methyl sites for hydroxylation is 1. The Morgan fingerprint density at radius 3 is 2.23 bits per heavy atom. The lowest BCUT2D eigenvalue weighted by Gasteiger charge is -2.18. The zero-order valence-electron chi connectivity index (χ0n) is 8.49. The van der Waals surface area contributed by atoms with E-state index in [-0.39, 0.29) is 6.04 Å². The molecule has 0 aromatic heterocycles. The van der Waals surface area contributed by atoms with Gasteiger partial charge in [-0.15, -0.1) is 0 Å². The summed E-state index contributed by atoms with van der Waals surface area (Å²) in [5, 5.41) is 10.8. The molecule has 1 aromatic carbocycles. The van der Waals surface area contributed by atoms with Crippen molar-refractivity contribution in [2.24, 2.45) is 0 Å². The quantitative estimate of drug-likeness (QED) is 0.721. The second-order valence-electron chi connectivity index (χ2n) is 3.68. The molecule has 1 aromatic rings. The van der Waals surface area contributed by atoms with Crippen molar-refractivity contribution in [1.82, 2.24) is 5.06 Å². The van der Waals surface area contributed by atoms with E-state index in [0.29, 0.717) is 6.54 Å². The Morgan fingerprint density at radius 1 is 1.23 bits per heavy atom. The van der Waals surface area contributed by atoms with E-state index >= 15 is 0 Å². The standard InChI is InChI=1S/C11H17NO/c1-9(2)12(13)8-11-6-4-10(3)5-7-11/h4-7,9,13H,8H2,1-3H3. The molecule has 0 atom stereocenters. The Hall–Kier alpha value is -0.860. The molecule has 0 aliphatic heterocycles. The molecule has 0 unspecified atom stereocenters. The SMILES string of the molecule is Cc1ccc(CN(O)C(C)C)cc1. The maximum absolute atomic E-state index is 9.48. The van der Waals surface area contributed by atoms with Crippen LogP contribution in [0.3, 0.4) is 0 Å². The fourth-order valence-corrected chi connectivity index (χ4v) is 1.06. The number of hydrogen-bond donors (Lipinski definition) is 1. The summed E-state index contributed by atoms with van der Waals surface area (Å²) in [4.78, 5) is 0. The van der Waals surface area contributed by atoms with Crippen LogP contribution in [0.25, 0.3) is 0 Å². The molecule has 0 spiro atoms. The van der Waals surface area contributed by atoms with Crippen molar-refractivity contribution in [1.29, 1.82) is 0 Å². The van der Waals surface area contributed by atoms with Gasteiger partial charge in [0.2, 0.25) is 0 Å². The van der Waals surface area contributed by atoms with Crippen molar-refractivity contribution in [2.75, 3.05) is 0 Å². The highest BCUT2D eigenvalue weighted by Crippen LogP contribution is 2.07. The van der Waals surface area contributed by atoms with Crippen LogP contribution < -0.4 is 0 Å². The molecule has 1 N–H and O–H groups in total. The molecule has 0 heterocycles. The van der Waals surface area contributed by atoms with Gasteiger partial charge >= 0.3 is 0 Å². The molecule has 0 amide bonds. The minimum atomic E-state index is 0.168. The molecule has 0 fully saturated rings. The van der Waals surface area contributed by atoms with Crippen molar-refractivity contribution in [3.05, 3.63) is 35.4 Å². The Morgan fingerprint density at radius 2 is 1.77 bits per heavy atom. The number of rotatable bonds is 3. The molecule has 2 heteroatoms. The van der Waals surface area contributed by atoms with Gasteiger partial charge in [-0.05, 0) is 26.3 Å². The van der Waals surface area contributed by atoms with Gasteiger partial charge in [0.05, 0.1) is 0 Å². The molecule has 0 aliphatic rings. The van der Waals surface area contributed by atoms with Crippen LogP contribution in [-0.2, 0) is 6.54 Å². The zero-order valence-corrected chi connectivity index (χ0v) is 8.49. The summed E-state index contributed by atoms with van der Waals surface area (Å²) in [5.74, 6) is 0. The van der Waals surface area contributed by atoms with E-state index in [1.165, 1.54) is 10.6 Å². The van der Waals surface area contributed by atoms with E-state index in [1.807, 2.05) is 26.0 Å². The van der Waals surface area contributed by atoms with Gasteiger partial charge in [-0.3, -0.25) is 0 Å². The molecular weight excluding hydrogens is 162 g/mol. The minimum absolute atomic E-state index is 0.168. The first-order valence-corrected chi connectivity index (χ1v) is 4.60. The summed E-state index contributed by atoms with van der Waals surface area (Å²) < 4.78 is 0. The van der Waals surface area contributed by atoms with Gasteiger partial charge in [-0.2, -0.15) is 5.06 Å². The highest BCUT2D eigenvalue weighted by molar-refractivity contribution is 5.20. The molecule has 13 heavy (non-hydrogen) atoms. The molecule has 0 saturated carbocycles. The Labute approximate surface area is 79.8 Å². The van der Waals surface area contributed by atoms with Crippen molar-refractivity contribution >= 4 is 0 Å². The molecule has 72 valence electrons. The first-order valence-electron chi connectivity index (χ1n) is 4.60. The molecule has 0 radical (unpaired) electrons. The van der Waals surface area contributed by atoms with Crippen molar-refractivity contribution in [3.63, 3.8) is 0 Å². The van der Waals surface area contributed by atoms with E-state index in [0.717, 1.165) is 5.56 Å². The van der Waals surface area contributed by atoms with Gasteiger partial charge in [0.15, 0.2) is 0 Å². The van der Waals surface area contributed by atoms with Crippen LogP contribution in [0.1, 0.15) is 25.0 Å². The Bertz CT molecular complexity index is 253. The van der Waals surface area contributed by atoms with Crippen LogP contribution in [0, 0.1) is 6.92 Å². The lowest BCUT2D eigenvalue weighted by atomic mass is 10.1. The van der Waals surface area contributed by atoms with E-state index < -0.39 is 0 Å². The number of benzene rings is 1. The van der Waals surface area contributed by atoms with E-state index in [9.17, 15) is 5.21 Å². The highest BCUT2D eigenvalue weighted by atomic mass is 16.5. The molecule has 1 rings (SSSR count). The summed E-state index contributed by atoms with van der Waals surface area (Å²) in [6.07, 6.45) is 0. The van der Waals surface area contributed by atoms with Crippen LogP contribution in [0.4, 0.5) is 0 Å². The normalized spacial score (nSPS) is 11.2.